The van der Waals surface area contributed by atoms with Gasteiger partial charge < -0.3 is 15.2 Å². The van der Waals surface area contributed by atoms with Gasteiger partial charge in [0, 0.05) is 22.3 Å². The lowest BCUT2D eigenvalue weighted by atomic mass is 10.2. The van der Waals surface area contributed by atoms with Gasteiger partial charge in [-0.15, -0.1) is 0 Å². The quantitative estimate of drug-likeness (QED) is 0.364. The van der Waals surface area contributed by atoms with Crippen LogP contribution in [0.15, 0.2) is 59.6 Å². The minimum absolute atomic E-state index is 0.175. The number of halogens is 4. The number of nitrogens with zero attached hydrogens (tertiary/aromatic N) is 3. The van der Waals surface area contributed by atoms with Crippen LogP contribution in [-0.4, -0.2) is 40.5 Å². The third-order valence-electron chi connectivity index (χ3n) is 4.26. The number of guanidine groups is 1. The maximum absolute atomic E-state index is 13.1. The minimum atomic E-state index is -4.71. The van der Waals surface area contributed by atoms with Gasteiger partial charge >= 0.3 is 6.18 Å². The van der Waals surface area contributed by atoms with Crippen LogP contribution in [0.1, 0.15) is 16.1 Å². The van der Waals surface area contributed by atoms with Crippen LogP contribution in [0, 0.1) is 0 Å². The zero-order valence-electron chi connectivity index (χ0n) is 17.2. The van der Waals surface area contributed by atoms with Crippen LogP contribution in [0.2, 0.25) is 5.02 Å². The van der Waals surface area contributed by atoms with E-state index in [1.54, 1.807) is 36.4 Å². The molecule has 0 fully saturated rings. The topological polar surface area (TPSA) is 101 Å². The van der Waals surface area contributed by atoms with Crippen LogP contribution in [-0.2, 0) is 12.7 Å². The Bertz CT molecular complexity index is 1150. The van der Waals surface area contributed by atoms with Crippen molar-refractivity contribution in [3.8, 4) is 5.75 Å². The molecule has 0 aliphatic heterocycles. The number of hydrogen-bond acceptors (Lipinski definition) is 5. The summed E-state index contributed by atoms with van der Waals surface area (Å²) in [6, 6.07) is 13.4. The predicted octanol–water partition coefficient (Wildman–Crippen LogP) is 4.09. The Morgan fingerprint density at radius 3 is 2.55 bits per heavy atom. The third kappa shape index (κ3) is 6.46. The van der Waals surface area contributed by atoms with Crippen molar-refractivity contribution in [2.45, 2.75) is 12.7 Å². The molecule has 0 bridgehead atoms. The van der Waals surface area contributed by atoms with E-state index in [0.717, 1.165) is 10.7 Å². The molecule has 1 heterocycles. The number of rotatable bonds is 6. The first-order valence-corrected chi connectivity index (χ1v) is 9.90. The van der Waals surface area contributed by atoms with E-state index in [2.05, 4.69) is 20.7 Å². The number of amides is 1. The van der Waals surface area contributed by atoms with E-state index < -0.39 is 24.4 Å². The summed E-state index contributed by atoms with van der Waals surface area (Å²) >= 11 is 5.99. The molecule has 174 valence electrons. The van der Waals surface area contributed by atoms with Crippen LogP contribution < -0.4 is 15.4 Å². The van der Waals surface area contributed by atoms with E-state index in [0.29, 0.717) is 16.5 Å². The van der Waals surface area contributed by atoms with Gasteiger partial charge in [0.05, 0.1) is 20.3 Å². The van der Waals surface area contributed by atoms with Crippen LogP contribution in [0.25, 0.3) is 0 Å². The summed E-state index contributed by atoms with van der Waals surface area (Å²) < 4.78 is 45.4. The summed E-state index contributed by atoms with van der Waals surface area (Å²) in [5.74, 6) is -0.429. The molecule has 0 saturated carbocycles. The average molecular weight is 482 g/mol. The predicted molar refractivity (Wildman–Crippen MR) is 117 cm³/mol. The maximum atomic E-state index is 13.1. The highest BCUT2D eigenvalue weighted by Gasteiger charge is 2.35. The first-order valence-electron chi connectivity index (χ1n) is 9.52. The highest BCUT2D eigenvalue weighted by atomic mass is 35.5. The van der Waals surface area contributed by atoms with E-state index in [1.807, 2.05) is 0 Å². The van der Waals surface area contributed by atoms with Crippen LogP contribution in [0.4, 0.5) is 24.7 Å². The molecule has 8 nitrogen and oxygen atoms in total. The summed E-state index contributed by atoms with van der Waals surface area (Å²) in [7, 11) is 1.49. The fourth-order valence-corrected chi connectivity index (χ4v) is 2.91. The second kappa shape index (κ2) is 10.4. The lowest BCUT2D eigenvalue weighted by Crippen LogP contribution is -2.36. The fourth-order valence-electron chi connectivity index (χ4n) is 2.72. The van der Waals surface area contributed by atoms with Gasteiger partial charge in [0.2, 0.25) is 5.96 Å². The van der Waals surface area contributed by atoms with Crippen LogP contribution >= 0.6 is 11.6 Å². The molecule has 33 heavy (non-hydrogen) atoms. The summed E-state index contributed by atoms with van der Waals surface area (Å²) in [6.45, 7) is -0.692. The number of aliphatic imine (C=N–C) groups is 1. The summed E-state index contributed by atoms with van der Waals surface area (Å²) in [4.78, 5) is 16.9. The molecule has 0 radical (unpaired) electrons. The zero-order chi connectivity index (χ0) is 24.0. The number of aliphatic hydroxyl groups is 1. The number of carbonyl (C=O) groups excluding carboxylic acids is 1. The molecule has 1 aromatic heterocycles. The van der Waals surface area contributed by atoms with Crippen molar-refractivity contribution in [2.24, 2.45) is 4.99 Å². The van der Waals surface area contributed by atoms with Crippen molar-refractivity contribution in [1.29, 1.82) is 0 Å². The van der Waals surface area contributed by atoms with E-state index in [1.165, 1.54) is 19.2 Å². The van der Waals surface area contributed by atoms with Gasteiger partial charge in [0.15, 0.2) is 11.5 Å². The van der Waals surface area contributed by atoms with Crippen molar-refractivity contribution in [3.63, 3.8) is 0 Å². The molecule has 0 aliphatic rings. The highest BCUT2D eigenvalue weighted by Crippen LogP contribution is 2.31. The van der Waals surface area contributed by atoms with Gasteiger partial charge in [-0.2, -0.15) is 23.3 Å². The third-order valence-corrected chi connectivity index (χ3v) is 4.49. The van der Waals surface area contributed by atoms with E-state index in [4.69, 9.17) is 16.3 Å². The normalized spacial score (nSPS) is 11.9. The number of nitrogens with one attached hydrogen (secondary N) is 2. The van der Waals surface area contributed by atoms with Gasteiger partial charge in [-0.25, -0.2) is 4.68 Å². The molecule has 0 unspecified atom stereocenters. The Morgan fingerprint density at radius 1 is 1.21 bits per heavy atom. The first-order chi connectivity index (χ1) is 15.7. The van der Waals surface area contributed by atoms with Gasteiger partial charge in [0.1, 0.15) is 5.75 Å². The molecule has 0 aliphatic carbocycles. The largest absolute Gasteiger partial charge is 0.497 e. The van der Waals surface area contributed by atoms with E-state index in [-0.39, 0.29) is 23.9 Å². The Morgan fingerprint density at radius 2 is 1.94 bits per heavy atom. The Labute approximate surface area is 191 Å². The number of carbonyl (C=O) groups is 1. The van der Waals surface area contributed by atoms with Crippen molar-refractivity contribution in [1.82, 2.24) is 15.1 Å². The second-order valence-electron chi connectivity index (χ2n) is 6.61. The van der Waals surface area contributed by atoms with Crippen molar-refractivity contribution in [2.75, 3.05) is 19.0 Å². The van der Waals surface area contributed by atoms with Crippen LogP contribution in [0.3, 0.4) is 0 Å². The minimum Gasteiger partial charge on any atom is -0.497 e. The second-order valence-corrected chi connectivity index (χ2v) is 7.05. The molecule has 1 amide bonds. The smallest absolute Gasteiger partial charge is 0.435 e. The Hall–Kier alpha value is -3.57. The number of anilines is 1. The average Bonchev–Trinajstić information content (AvgIpc) is 3.17. The van der Waals surface area contributed by atoms with Gasteiger partial charge in [-0.1, -0.05) is 17.7 Å². The number of methoxy groups -OCH3 is 1. The number of alkyl halides is 3. The van der Waals surface area contributed by atoms with Gasteiger partial charge in [-0.05, 0) is 42.5 Å². The molecule has 0 spiro atoms. The molecular formula is C21H19ClF3N5O3. The monoisotopic (exact) mass is 481 g/mol. The molecule has 2 aromatic carbocycles. The first kappa shape index (κ1) is 24.1. The summed E-state index contributed by atoms with van der Waals surface area (Å²) in [6.07, 6.45) is -4.71. The molecule has 3 N–H and O–H groups in total. The SMILES string of the molecule is COc1ccc(C(=O)NC(=Nc2cc(C(F)(F)F)nn2CCO)Nc2cccc(Cl)c2)cc1. The molecule has 3 aromatic rings. The van der Waals surface area contributed by atoms with Crippen LogP contribution in [0.5, 0.6) is 5.75 Å². The fraction of sp³-hybridized carbons (Fsp3) is 0.190. The Kier molecular flexibility index (Phi) is 7.56. The standard InChI is InChI=1S/C21H19ClF3N5O3/c1-33-16-7-5-13(6-8-16)19(32)28-20(26-15-4-2-3-14(22)11-15)27-18-12-17(21(23,24)25)29-30(18)9-10-31/h2-8,11-12,31H,9-10H2,1H3,(H2,26,27,28,32). The lowest BCUT2D eigenvalue weighted by molar-refractivity contribution is -0.141. The summed E-state index contributed by atoms with van der Waals surface area (Å²) in [5.41, 5.74) is -0.491. The molecule has 0 atom stereocenters. The Balaban J connectivity index is 1.98. The van der Waals surface area contributed by atoms with E-state index in [9.17, 15) is 23.1 Å². The maximum Gasteiger partial charge on any atom is 0.435 e. The van der Waals surface area contributed by atoms with Gasteiger partial charge in [-0.3, -0.25) is 10.1 Å². The lowest BCUT2D eigenvalue weighted by Gasteiger charge is -2.12. The number of hydrogen-bond donors (Lipinski definition) is 3. The number of benzene rings is 2. The highest BCUT2D eigenvalue weighted by molar-refractivity contribution is 6.31. The van der Waals surface area contributed by atoms with E-state index >= 15 is 0 Å². The zero-order valence-corrected chi connectivity index (χ0v) is 18.0. The number of aliphatic hydroxyl groups excluding tert-OH is 1. The number of ether oxygens (including phenoxy) is 1. The molecule has 3 rings (SSSR count). The van der Waals surface area contributed by atoms with Gasteiger partial charge in [0.25, 0.3) is 5.91 Å². The molecular weight excluding hydrogens is 463 g/mol. The van der Waals surface area contributed by atoms with Crippen molar-refractivity contribution >= 4 is 35.0 Å². The molecule has 0 saturated heterocycles. The summed E-state index contributed by atoms with van der Waals surface area (Å²) in [5, 5.41) is 18.4. The van der Waals surface area contributed by atoms with Crippen molar-refractivity contribution in [3.05, 3.63) is 70.9 Å². The molecule has 12 heteroatoms. The number of aromatic nitrogens is 2. The van der Waals surface area contributed by atoms with Crippen molar-refractivity contribution < 1.29 is 27.8 Å².